The molecule has 7 heteroatoms. The van der Waals surface area contributed by atoms with Crippen molar-refractivity contribution in [1.29, 1.82) is 0 Å². The Morgan fingerprint density at radius 2 is 1.89 bits per heavy atom. The van der Waals surface area contributed by atoms with Crippen LogP contribution < -0.4 is 20.3 Å². The number of benzene rings is 2. The van der Waals surface area contributed by atoms with Gasteiger partial charge in [0.1, 0.15) is 5.75 Å². The van der Waals surface area contributed by atoms with Crippen LogP contribution in [0.4, 0.5) is 11.4 Å². The summed E-state index contributed by atoms with van der Waals surface area (Å²) >= 11 is 0. The topological polar surface area (TPSA) is 87.7 Å². The van der Waals surface area contributed by atoms with Gasteiger partial charge in [-0.3, -0.25) is 14.4 Å². The summed E-state index contributed by atoms with van der Waals surface area (Å²) in [6, 6.07) is 13.8. The van der Waals surface area contributed by atoms with Gasteiger partial charge in [-0.25, -0.2) is 0 Å². The van der Waals surface area contributed by atoms with E-state index in [9.17, 15) is 14.4 Å². The fourth-order valence-electron chi connectivity index (χ4n) is 2.87. The molecule has 0 fully saturated rings. The van der Waals surface area contributed by atoms with Crippen molar-refractivity contribution in [2.45, 2.75) is 20.0 Å². The SMILES string of the molecule is CCN1C(=O)C(C)Oc2cc(NC(=O)CNC(=O)c3ccccc3)ccc21. The minimum atomic E-state index is -0.575. The van der Waals surface area contributed by atoms with Crippen molar-refractivity contribution in [1.82, 2.24) is 5.32 Å². The molecule has 0 bridgehead atoms. The van der Waals surface area contributed by atoms with E-state index in [0.717, 1.165) is 0 Å². The summed E-state index contributed by atoms with van der Waals surface area (Å²) < 4.78 is 5.64. The Balaban J connectivity index is 1.63. The number of likely N-dealkylation sites (N-methyl/N-ethyl adjacent to an activating group) is 1. The first-order valence-corrected chi connectivity index (χ1v) is 8.74. The number of hydrogen-bond donors (Lipinski definition) is 2. The molecule has 1 atom stereocenters. The van der Waals surface area contributed by atoms with Gasteiger partial charge >= 0.3 is 0 Å². The molecule has 1 aliphatic heterocycles. The molecule has 1 aliphatic rings. The van der Waals surface area contributed by atoms with E-state index in [2.05, 4.69) is 10.6 Å². The van der Waals surface area contributed by atoms with Gasteiger partial charge in [0.05, 0.1) is 12.2 Å². The Kier molecular flexibility index (Phi) is 5.40. The molecule has 0 saturated heterocycles. The van der Waals surface area contributed by atoms with Crippen molar-refractivity contribution in [3.63, 3.8) is 0 Å². The Bertz CT molecular complexity index is 867. The molecule has 0 saturated carbocycles. The molecule has 27 heavy (non-hydrogen) atoms. The third-order valence-electron chi connectivity index (χ3n) is 4.21. The number of anilines is 2. The molecule has 7 nitrogen and oxygen atoms in total. The number of hydrogen-bond acceptors (Lipinski definition) is 4. The predicted octanol–water partition coefficient (Wildman–Crippen LogP) is 2.19. The fourth-order valence-corrected chi connectivity index (χ4v) is 2.87. The van der Waals surface area contributed by atoms with Gasteiger partial charge in [0.25, 0.3) is 11.8 Å². The smallest absolute Gasteiger partial charge is 0.267 e. The summed E-state index contributed by atoms with van der Waals surface area (Å²) in [5.41, 5.74) is 1.70. The molecular weight excluding hydrogens is 346 g/mol. The second kappa shape index (κ2) is 7.90. The number of amides is 3. The minimum Gasteiger partial charge on any atom is -0.479 e. The maximum absolute atomic E-state index is 12.1. The highest BCUT2D eigenvalue weighted by atomic mass is 16.5. The van der Waals surface area contributed by atoms with Gasteiger partial charge in [-0.1, -0.05) is 18.2 Å². The Morgan fingerprint density at radius 1 is 1.15 bits per heavy atom. The van der Waals surface area contributed by atoms with E-state index >= 15 is 0 Å². The molecule has 1 unspecified atom stereocenters. The van der Waals surface area contributed by atoms with Crippen molar-refractivity contribution in [3.8, 4) is 5.75 Å². The van der Waals surface area contributed by atoms with Gasteiger partial charge in [-0.2, -0.15) is 0 Å². The maximum Gasteiger partial charge on any atom is 0.267 e. The average molecular weight is 367 g/mol. The van der Waals surface area contributed by atoms with Gasteiger partial charge in [0, 0.05) is 23.9 Å². The molecule has 1 heterocycles. The molecule has 0 aromatic heterocycles. The van der Waals surface area contributed by atoms with Crippen molar-refractivity contribution in [3.05, 3.63) is 54.1 Å². The summed E-state index contributed by atoms with van der Waals surface area (Å²) in [6.07, 6.45) is -0.575. The molecule has 0 aliphatic carbocycles. The van der Waals surface area contributed by atoms with Crippen LogP contribution in [-0.2, 0) is 9.59 Å². The maximum atomic E-state index is 12.1. The molecule has 0 spiro atoms. The average Bonchev–Trinajstić information content (AvgIpc) is 2.68. The lowest BCUT2D eigenvalue weighted by molar-refractivity contribution is -0.125. The van der Waals surface area contributed by atoms with Crippen LogP contribution in [0.1, 0.15) is 24.2 Å². The second-order valence-corrected chi connectivity index (χ2v) is 6.12. The first-order chi connectivity index (χ1) is 13.0. The summed E-state index contributed by atoms with van der Waals surface area (Å²) in [7, 11) is 0. The van der Waals surface area contributed by atoms with E-state index in [1.54, 1.807) is 54.3 Å². The van der Waals surface area contributed by atoms with Crippen molar-refractivity contribution in [2.24, 2.45) is 0 Å². The van der Waals surface area contributed by atoms with Crippen molar-refractivity contribution >= 4 is 29.1 Å². The molecule has 2 N–H and O–H groups in total. The fraction of sp³-hybridized carbons (Fsp3) is 0.250. The standard InChI is InChI=1S/C20H21N3O4/c1-3-23-16-10-9-15(11-17(16)27-13(2)20(23)26)22-18(24)12-21-19(25)14-7-5-4-6-8-14/h4-11,13H,3,12H2,1-2H3,(H,21,25)(H,22,24). The zero-order valence-electron chi connectivity index (χ0n) is 15.2. The molecule has 0 radical (unpaired) electrons. The van der Waals surface area contributed by atoms with E-state index < -0.39 is 6.10 Å². The second-order valence-electron chi connectivity index (χ2n) is 6.12. The van der Waals surface area contributed by atoms with Crippen molar-refractivity contribution in [2.75, 3.05) is 23.3 Å². The highest BCUT2D eigenvalue weighted by molar-refractivity contribution is 6.01. The Labute approximate surface area is 157 Å². The molecule has 3 amide bonds. The summed E-state index contributed by atoms with van der Waals surface area (Å²) in [5, 5.41) is 5.30. The van der Waals surface area contributed by atoms with E-state index in [4.69, 9.17) is 4.74 Å². The lowest BCUT2D eigenvalue weighted by Crippen LogP contribution is -2.44. The number of carbonyl (C=O) groups is 3. The molecule has 140 valence electrons. The number of rotatable bonds is 5. The van der Waals surface area contributed by atoms with Crippen LogP contribution >= 0.6 is 0 Å². The van der Waals surface area contributed by atoms with Crippen LogP contribution in [0.3, 0.4) is 0 Å². The highest BCUT2D eigenvalue weighted by Gasteiger charge is 2.30. The number of nitrogens with one attached hydrogen (secondary N) is 2. The molecule has 2 aromatic carbocycles. The zero-order chi connectivity index (χ0) is 19.4. The number of ether oxygens (including phenoxy) is 1. The quantitative estimate of drug-likeness (QED) is 0.848. The monoisotopic (exact) mass is 367 g/mol. The molecule has 3 rings (SSSR count). The summed E-state index contributed by atoms with van der Waals surface area (Å²) in [6.45, 7) is 3.97. The first-order valence-electron chi connectivity index (χ1n) is 8.74. The van der Waals surface area contributed by atoms with Gasteiger partial charge < -0.3 is 20.3 Å². The number of fused-ring (bicyclic) bond motifs is 1. The van der Waals surface area contributed by atoms with Gasteiger partial charge in [-0.15, -0.1) is 0 Å². The normalized spacial score (nSPS) is 15.6. The van der Waals surface area contributed by atoms with Crippen LogP contribution in [0.25, 0.3) is 0 Å². The highest BCUT2D eigenvalue weighted by Crippen LogP contribution is 2.36. The van der Waals surface area contributed by atoms with Gasteiger partial charge in [0.2, 0.25) is 5.91 Å². The number of nitrogens with zero attached hydrogens (tertiary/aromatic N) is 1. The Morgan fingerprint density at radius 3 is 2.59 bits per heavy atom. The molecular formula is C20H21N3O4. The summed E-state index contributed by atoms with van der Waals surface area (Å²) in [5.74, 6) is -0.225. The van der Waals surface area contributed by atoms with E-state index in [0.29, 0.717) is 29.2 Å². The lowest BCUT2D eigenvalue weighted by atomic mass is 10.1. The number of carbonyl (C=O) groups excluding carboxylic acids is 3. The van der Waals surface area contributed by atoms with Crippen LogP contribution in [-0.4, -0.2) is 36.9 Å². The molecule has 2 aromatic rings. The lowest BCUT2D eigenvalue weighted by Gasteiger charge is -2.32. The van der Waals surface area contributed by atoms with Crippen molar-refractivity contribution < 1.29 is 19.1 Å². The zero-order valence-corrected chi connectivity index (χ0v) is 15.2. The van der Waals surface area contributed by atoms with Crippen LogP contribution in [0.2, 0.25) is 0 Å². The first kappa shape index (κ1) is 18.4. The third-order valence-corrected chi connectivity index (χ3v) is 4.21. The van der Waals surface area contributed by atoms with Crippen LogP contribution in [0.5, 0.6) is 5.75 Å². The van der Waals surface area contributed by atoms with E-state index in [-0.39, 0.29) is 24.3 Å². The van der Waals surface area contributed by atoms with Gasteiger partial charge in [0.15, 0.2) is 6.10 Å². The van der Waals surface area contributed by atoms with Crippen LogP contribution in [0.15, 0.2) is 48.5 Å². The Hall–Kier alpha value is -3.35. The van der Waals surface area contributed by atoms with Crippen LogP contribution in [0, 0.1) is 0 Å². The summed E-state index contributed by atoms with van der Waals surface area (Å²) in [4.78, 5) is 37.9. The van der Waals surface area contributed by atoms with E-state index in [1.165, 1.54) is 0 Å². The minimum absolute atomic E-state index is 0.0922. The van der Waals surface area contributed by atoms with Gasteiger partial charge in [-0.05, 0) is 38.1 Å². The third kappa shape index (κ3) is 4.08. The predicted molar refractivity (Wildman–Crippen MR) is 102 cm³/mol. The largest absolute Gasteiger partial charge is 0.479 e. The van der Waals surface area contributed by atoms with E-state index in [1.807, 2.05) is 13.0 Å².